The van der Waals surface area contributed by atoms with E-state index in [0.717, 1.165) is 29.2 Å². The molecule has 0 fully saturated rings. The monoisotopic (exact) mass is 422 g/mol. The number of halogens is 1. The molecule has 0 saturated carbocycles. The van der Waals surface area contributed by atoms with E-state index in [9.17, 15) is 5.11 Å². The smallest absolute Gasteiger partial charge is 0.125 e. The molecular weight excluding hydrogens is 392 g/mol. The number of hydrogen-bond donors (Lipinski definition) is 1. The molecule has 3 aromatic rings. The SMILES string of the molecule is CC.COc1c(C)cccc1[C@H]1CC(CCO)c2ccccc2-c2ccc(Cl)cc21. The molecule has 3 aromatic carbocycles. The van der Waals surface area contributed by atoms with Crippen LogP contribution in [0.4, 0.5) is 0 Å². The fraction of sp³-hybridized carbons (Fsp3) is 0.333. The van der Waals surface area contributed by atoms with Crippen LogP contribution in [0.15, 0.2) is 60.7 Å². The summed E-state index contributed by atoms with van der Waals surface area (Å²) in [5.74, 6) is 1.35. The normalized spacial score (nSPS) is 17.1. The summed E-state index contributed by atoms with van der Waals surface area (Å²) >= 11 is 6.44. The van der Waals surface area contributed by atoms with Crippen molar-refractivity contribution in [1.82, 2.24) is 0 Å². The van der Waals surface area contributed by atoms with E-state index in [2.05, 4.69) is 61.5 Å². The molecule has 30 heavy (non-hydrogen) atoms. The second-order valence-corrected chi connectivity index (χ2v) is 7.95. The standard InChI is InChI=1S/C25H25ClO2.C2H6/c1-16-6-5-9-22(25(16)28-2)23-14-17(12-13-27)19-7-3-4-8-20(19)21-11-10-18(26)15-24(21)23;1-2/h3-11,15,17,23,27H,12-14H2,1-2H3;1-2H3/t17?,23-;/m1./s1. The zero-order valence-corrected chi connectivity index (χ0v) is 19.0. The van der Waals surface area contributed by atoms with E-state index in [0.29, 0.717) is 0 Å². The molecule has 2 nitrogen and oxygen atoms in total. The number of aryl methyl sites for hydroxylation is 1. The van der Waals surface area contributed by atoms with Crippen LogP contribution in [-0.4, -0.2) is 18.8 Å². The van der Waals surface area contributed by atoms with Crippen molar-refractivity contribution in [2.75, 3.05) is 13.7 Å². The molecule has 1 aliphatic carbocycles. The maximum absolute atomic E-state index is 9.75. The van der Waals surface area contributed by atoms with Crippen LogP contribution < -0.4 is 4.74 Å². The first-order valence-electron chi connectivity index (χ1n) is 10.8. The number of rotatable bonds is 4. The predicted octanol–water partition coefficient (Wildman–Crippen LogP) is 7.35. The van der Waals surface area contributed by atoms with E-state index in [-0.39, 0.29) is 18.4 Å². The molecule has 4 rings (SSSR count). The van der Waals surface area contributed by atoms with Gasteiger partial charge in [-0.15, -0.1) is 0 Å². The molecule has 1 N–H and O–H groups in total. The summed E-state index contributed by atoms with van der Waals surface area (Å²) in [6, 6.07) is 21.1. The van der Waals surface area contributed by atoms with E-state index in [4.69, 9.17) is 16.3 Å². The molecule has 1 aliphatic rings. The Balaban J connectivity index is 0.00000124. The zero-order valence-electron chi connectivity index (χ0n) is 18.3. The molecule has 2 atom stereocenters. The molecule has 0 spiro atoms. The van der Waals surface area contributed by atoms with Crippen molar-refractivity contribution in [1.29, 1.82) is 0 Å². The Morgan fingerprint density at radius 3 is 2.37 bits per heavy atom. The Morgan fingerprint density at radius 2 is 1.63 bits per heavy atom. The molecule has 0 saturated heterocycles. The molecule has 3 heteroatoms. The second kappa shape index (κ2) is 10.1. The second-order valence-electron chi connectivity index (χ2n) is 7.51. The predicted molar refractivity (Wildman–Crippen MR) is 127 cm³/mol. The molecule has 0 radical (unpaired) electrons. The van der Waals surface area contributed by atoms with Crippen LogP contribution >= 0.6 is 11.6 Å². The minimum absolute atomic E-state index is 0.146. The molecule has 1 unspecified atom stereocenters. The van der Waals surface area contributed by atoms with Crippen LogP contribution in [0.25, 0.3) is 11.1 Å². The summed E-state index contributed by atoms with van der Waals surface area (Å²) < 4.78 is 5.81. The lowest BCUT2D eigenvalue weighted by Crippen LogP contribution is -2.09. The highest BCUT2D eigenvalue weighted by Crippen LogP contribution is 2.49. The topological polar surface area (TPSA) is 29.5 Å². The van der Waals surface area contributed by atoms with Crippen molar-refractivity contribution in [2.24, 2.45) is 0 Å². The zero-order chi connectivity index (χ0) is 21.7. The quantitative estimate of drug-likeness (QED) is 0.476. The summed E-state index contributed by atoms with van der Waals surface area (Å²) in [6.45, 7) is 6.26. The number of hydrogen-bond acceptors (Lipinski definition) is 2. The molecule has 0 aliphatic heterocycles. The van der Waals surface area contributed by atoms with Crippen molar-refractivity contribution < 1.29 is 9.84 Å². The molecule has 0 aromatic heterocycles. The van der Waals surface area contributed by atoms with Gasteiger partial charge >= 0.3 is 0 Å². The Labute approximate surface area is 185 Å². The third kappa shape index (κ3) is 4.26. The maximum Gasteiger partial charge on any atom is 0.125 e. The third-order valence-electron chi connectivity index (χ3n) is 5.90. The van der Waals surface area contributed by atoms with Gasteiger partial charge in [-0.25, -0.2) is 0 Å². The molecule has 158 valence electrons. The first kappa shape index (κ1) is 22.4. The highest BCUT2D eigenvalue weighted by atomic mass is 35.5. The van der Waals surface area contributed by atoms with Gasteiger partial charge in [-0.1, -0.05) is 74.0 Å². The Kier molecular flexibility index (Phi) is 7.58. The Hall–Kier alpha value is -2.29. The molecule has 0 heterocycles. The first-order valence-corrected chi connectivity index (χ1v) is 11.1. The minimum atomic E-state index is 0.146. The van der Waals surface area contributed by atoms with Gasteiger partial charge in [0.1, 0.15) is 5.75 Å². The number of ether oxygens (including phenoxy) is 1. The Bertz CT molecular complexity index is 996. The van der Waals surface area contributed by atoms with Crippen molar-refractivity contribution in [3.05, 3.63) is 87.9 Å². The largest absolute Gasteiger partial charge is 0.496 e. The number of methoxy groups -OCH3 is 1. The molecule has 0 amide bonds. The number of benzene rings is 3. The average molecular weight is 423 g/mol. The van der Waals surface area contributed by atoms with Gasteiger partial charge in [-0.2, -0.15) is 0 Å². The van der Waals surface area contributed by atoms with Crippen molar-refractivity contribution in [3.63, 3.8) is 0 Å². The van der Waals surface area contributed by atoms with Gasteiger partial charge < -0.3 is 9.84 Å². The first-order chi connectivity index (χ1) is 14.6. The fourth-order valence-electron chi connectivity index (χ4n) is 4.66. The number of aliphatic hydroxyl groups is 1. The van der Waals surface area contributed by atoms with Gasteiger partial charge in [0.25, 0.3) is 0 Å². The van der Waals surface area contributed by atoms with Crippen LogP contribution in [0, 0.1) is 6.92 Å². The number of para-hydroxylation sites is 1. The van der Waals surface area contributed by atoms with Crippen molar-refractivity contribution >= 4 is 11.6 Å². The lowest BCUT2D eigenvalue weighted by atomic mass is 9.81. The van der Waals surface area contributed by atoms with Crippen LogP contribution in [0.2, 0.25) is 5.02 Å². The van der Waals surface area contributed by atoms with Crippen molar-refractivity contribution in [2.45, 2.75) is 45.4 Å². The van der Waals surface area contributed by atoms with Crippen LogP contribution in [0.3, 0.4) is 0 Å². The van der Waals surface area contributed by atoms with Gasteiger partial charge in [-0.05, 0) is 65.6 Å². The van der Waals surface area contributed by atoms with Gasteiger partial charge in [-0.3, -0.25) is 0 Å². The van der Waals surface area contributed by atoms with Crippen molar-refractivity contribution in [3.8, 4) is 16.9 Å². The van der Waals surface area contributed by atoms with E-state index >= 15 is 0 Å². The summed E-state index contributed by atoms with van der Waals surface area (Å²) in [6.07, 6.45) is 1.65. The summed E-state index contributed by atoms with van der Waals surface area (Å²) in [5.41, 5.74) is 7.29. The lowest BCUT2D eigenvalue weighted by molar-refractivity contribution is 0.271. The Morgan fingerprint density at radius 1 is 0.933 bits per heavy atom. The van der Waals surface area contributed by atoms with Crippen LogP contribution in [0.5, 0.6) is 5.75 Å². The number of fused-ring (bicyclic) bond motifs is 3. The third-order valence-corrected chi connectivity index (χ3v) is 6.13. The van der Waals surface area contributed by atoms with Gasteiger partial charge in [0.05, 0.1) is 7.11 Å². The highest BCUT2D eigenvalue weighted by molar-refractivity contribution is 6.30. The van der Waals surface area contributed by atoms with Crippen LogP contribution in [0.1, 0.15) is 60.8 Å². The van der Waals surface area contributed by atoms with E-state index in [1.54, 1.807) is 7.11 Å². The minimum Gasteiger partial charge on any atom is -0.496 e. The van der Waals surface area contributed by atoms with E-state index in [1.165, 1.54) is 27.8 Å². The average Bonchev–Trinajstić information content (AvgIpc) is 2.90. The molecular formula is C27H31ClO2. The fourth-order valence-corrected chi connectivity index (χ4v) is 4.84. The lowest BCUT2D eigenvalue weighted by Gasteiger charge is -2.25. The van der Waals surface area contributed by atoms with Crippen LogP contribution in [-0.2, 0) is 0 Å². The summed E-state index contributed by atoms with van der Waals surface area (Å²) in [4.78, 5) is 0. The van der Waals surface area contributed by atoms with Gasteiger partial charge in [0.2, 0.25) is 0 Å². The van der Waals surface area contributed by atoms with E-state index < -0.39 is 0 Å². The molecule has 0 bridgehead atoms. The summed E-state index contributed by atoms with van der Waals surface area (Å²) in [7, 11) is 1.74. The maximum atomic E-state index is 9.75. The van der Waals surface area contributed by atoms with Gasteiger partial charge in [0, 0.05) is 23.1 Å². The number of aliphatic hydroxyl groups excluding tert-OH is 1. The van der Waals surface area contributed by atoms with Gasteiger partial charge in [0.15, 0.2) is 0 Å². The summed E-state index contributed by atoms with van der Waals surface area (Å²) in [5, 5.41) is 10.5. The highest BCUT2D eigenvalue weighted by Gasteiger charge is 2.31. The van der Waals surface area contributed by atoms with E-state index in [1.807, 2.05) is 19.9 Å².